The summed E-state index contributed by atoms with van der Waals surface area (Å²) in [5.74, 6) is 0.987. The predicted molar refractivity (Wildman–Crippen MR) is 237 cm³/mol. The highest BCUT2D eigenvalue weighted by Crippen LogP contribution is 2.49. The third-order valence-corrected chi connectivity index (χ3v) is 19.0. The summed E-state index contributed by atoms with van der Waals surface area (Å²) in [6.07, 6.45) is 1.34. The number of likely N-dealkylation sites (N-methyl/N-ethyl adjacent to an activating group) is 1. The minimum absolute atomic E-state index is 0.0602. The third kappa shape index (κ3) is 7.95. The van der Waals surface area contributed by atoms with Gasteiger partial charge in [0.2, 0.25) is 23.5 Å². The maximum Gasteiger partial charge on any atom is 0.322 e. The molecule has 0 amide bonds. The number of rotatable bonds is 10. The first-order chi connectivity index (χ1) is 29.0. The zero-order valence-corrected chi connectivity index (χ0v) is 38.1. The first kappa shape index (κ1) is 42.9. The van der Waals surface area contributed by atoms with Crippen LogP contribution < -0.4 is 25.7 Å². The van der Waals surface area contributed by atoms with E-state index in [1.807, 2.05) is 37.9 Å². The number of hydrogen-bond acceptors (Lipinski definition) is 14. The van der Waals surface area contributed by atoms with Gasteiger partial charge in [0.05, 0.1) is 42.4 Å². The molecule has 0 bridgehead atoms. The van der Waals surface area contributed by atoms with Crippen molar-refractivity contribution in [2.24, 2.45) is 0 Å². The average Bonchev–Trinajstić information content (AvgIpc) is 3.93. The number of nitriles is 1. The van der Waals surface area contributed by atoms with Gasteiger partial charge in [-0.05, 0) is 75.8 Å². The van der Waals surface area contributed by atoms with E-state index in [1.165, 1.54) is 11.3 Å². The highest BCUT2D eigenvalue weighted by Gasteiger charge is 2.55. The van der Waals surface area contributed by atoms with Crippen molar-refractivity contribution < 1.29 is 22.8 Å². The van der Waals surface area contributed by atoms with Crippen LogP contribution in [0.4, 0.5) is 15.3 Å². The smallest absolute Gasteiger partial charge is 0.322 e. The van der Waals surface area contributed by atoms with E-state index in [2.05, 4.69) is 99.3 Å². The van der Waals surface area contributed by atoms with E-state index in [1.54, 1.807) is 0 Å². The summed E-state index contributed by atoms with van der Waals surface area (Å²) in [5, 5.41) is 17.1. The highest BCUT2D eigenvalue weighted by molar-refractivity contribution is 7.16. The molecule has 2 aliphatic heterocycles. The van der Waals surface area contributed by atoms with Gasteiger partial charge < -0.3 is 29.1 Å². The van der Waals surface area contributed by atoms with Gasteiger partial charge in [-0.2, -0.15) is 25.2 Å². The first-order valence-electron chi connectivity index (χ1n) is 21.1. The van der Waals surface area contributed by atoms with Crippen LogP contribution in [0.5, 0.6) is 6.01 Å². The molecule has 2 fully saturated rings. The molecule has 5 aromatic rings. The molecule has 2 saturated heterocycles. The van der Waals surface area contributed by atoms with Crippen LogP contribution in [0.3, 0.4) is 0 Å². The molecule has 6 atom stereocenters. The zero-order chi connectivity index (χ0) is 43.3. The number of nitrogen functional groups attached to an aromatic ring is 1. The zero-order valence-electron chi connectivity index (χ0n) is 36.3. The predicted octanol–water partition coefficient (Wildman–Crippen LogP) is 6.45. The Morgan fingerprint density at radius 2 is 1.72 bits per heavy atom. The van der Waals surface area contributed by atoms with Crippen LogP contribution >= 0.6 is 11.3 Å². The normalized spacial score (nSPS) is 25.4. The molecule has 322 valence electrons. The monoisotopic (exact) mass is 865 g/mol. The van der Waals surface area contributed by atoms with E-state index in [4.69, 9.17) is 44.1 Å². The number of hydrogen-bond donors (Lipinski definition) is 1. The molecule has 16 heteroatoms. The lowest BCUT2D eigenvalue weighted by Gasteiger charge is -2.49. The molecule has 13 nitrogen and oxygen atoms in total. The molecular weight excluding hydrogens is 810 g/mol. The van der Waals surface area contributed by atoms with Crippen molar-refractivity contribution >= 4 is 41.0 Å². The Morgan fingerprint density at radius 1 is 1.03 bits per heavy atom. The molecule has 0 radical (unpaired) electrons. The standard InChI is InChI=1S/C45H56FN9O4SSi/c1-28-25-56-27-44(6,59-61(43(3,4)5,31-16-11-9-12-17-31)32-18-13-10-14-19-32)26-55(28)41-50-38(51-42(52-41)57-29(2)34-22-30(46)24-54(34)8)39-49-40(58-53-39)45(7)21-15-20-35-36(45)33(23-47)37(48)60-35/h9-14,16-19,28-30,34H,15,20-22,24-27,48H2,1-8H3/t28-,29-,30+,34-,44+,45-/m0/s1. The van der Waals surface area contributed by atoms with Gasteiger partial charge >= 0.3 is 6.01 Å². The van der Waals surface area contributed by atoms with Crippen molar-refractivity contribution in [1.82, 2.24) is 30.0 Å². The van der Waals surface area contributed by atoms with Gasteiger partial charge in [-0.15, -0.1) is 11.3 Å². The molecule has 1 aliphatic carbocycles. The number of ether oxygens (including phenoxy) is 2. The van der Waals surface area contributed by atoms with E-state index in [9.17, 15) is 9.65 Å². The van der Waals surface area contributed by atoms with Crippen LogP contribution in [0.15, 0.2) is 65.2 Å². The van der Waals surface area contributed by atoms with Crippen molar-refractivity contribution in [2.75, 3.05) is 44.0 Å². The fourth-order valence-electron chi connectivity index (χ4n) is 9.68. The van der Waals surface area contributed by atoms with E-state index in [-0.39, 0.29) is 34.8 Å². The Kier molecular flexibility index (Phi) is 11.6. The van der Waals surface area contributed by atoms with Gasteiger partial charge in [0.25, 0.3) is 8.32 Å². The molecule has 61 heavy (non-hydrogen) atoms. The maximum atomic E-state index is 14.6. The van der Waals surface area contributed by atoms with Gasteiger partial charge in [0, 0.05) is 23.0 Å². The lowest BCUT2D eigenvalue weighted by molar-refractivity contribution is -0.00222. The van der Waals surface area contributed by atoms with Crippen LogP contribution in [0, 0.1) is 11.3 Å². The summed E-state index contributed by atoms with van der Waals surface area (Å²) in [6.45, 7) is 16.3. The number of anilines is 2. The number of benzene rings is 2. The van der Waals surface area contributed by atoms with Crippen LogP contribution in [-0.4, -0.2) is 102 Å². The topological polar surface area (TPSA) is 162 Å². The van der Waals surface area contributed by atoms with Crippen LogP contribution in [0.1, 0.15) is 89.6 Å². The summed E-state index contributed by atoms with van der Waals surface area (Å²) in [5.41, 5.74) is 6.06. The van der Waals surface area contributed by atoms with Crippen molar-refractivity contribution in [3.8, 4) is 23.7 Å². The molecule has 2 aromatic carbocycles. The lowest BCUT2D eigenvalue weighted by atomic mass is 9.72. The van der Waals surface area contributed by atoms with Crippen LogP contribution in [0.25, 0.3) is 11.6 Å². The lowest BCUT2D eigenvalue weighted by Crippen LogP contribution is -2.70. The van der Waals surface area contributed by atoms with Crippen LogP contribution in [-0.2, 0) is 21.0 Å². The summed E-state index contributed by atoms with van der Waals surface area (Å²) in [7, 11) is -1.14. The third-order valence-electron chi connectivity index (χ3n) is 12.7. The van der Waals surface area contributed by atoms with Gasteiger partial charge in [0.15, 0.2) is 0 Å². The largest absolute Gasteiger partial charge is 0.459 e. The van der Waals surface area contributed by atoms with Crippen molar-refractivity contribution in [1.29, 1.82) is 5.26 Å². The Hall–Kier alpha value is -4.79. The minimum atomic E-state index is -3.04. The maximum absolute atomic E-state index is 14.6. The van der Waals surface area contributed by atoms with Gasteiger partial charge in [-0.1, -0.05) is 86.6 Å². The second-order valence-corrected chi connectivity index (χ2v) is 23.8. The summed E-state index contributed by atoms with van der Waals surface area (Å²) < 4.78 is 41.4. The van der Waals surface area contributed by atoms with E-state index in [0.29, 0.717) is 61.5 Å². The number of likely N-dealkylation sites (tertiary alicyclic amines) is 1. The number of fused-ring (bicyclic) bond motifs is 1. The Bertz CT molecular complexity index is 2350. The number of nitrogens with zero attached hydrogens (tertiary/aromatic N) is 8. The summed E-state index contributed by atoms with van der Waals surface area (Å²) in [6, 6.07) is 23.1. The Labute approximate surface area is 362 Å². The highest BCUT2D eigenvalue weighted by atomic mass is 32.1. The van der Waals surface area contributed by atoms with Crippen molar-refractivity contribution in [3.63, 3.8) is 0 Å². The van der Waals surface area contributed by atoms with E-state index in [0.717, 1.165) is 33.7 Å². The number of aryl methyl sites for hydroxylation is 1. The molecule has 5 heterocycles. The quantitative estimate of drug-likeness (QED) is 0.153. The molecule has 8 rings (SSSR count). The Balaban J connectivity index is 1.21. The second-order valence-electron chi connectivity index (χ2n) is 18.5. The SMILES string of the molecule is C[C@H](Oc1nc(-c2noc([C@@]3(C)CCCc4sc(N)c(C#N)c43)n2)nc(N2C[C@@](C)(O[Si](c3ccccc3)(c3ccccc3)C(C)(C)C)COC[C@@H]2C)n1)[C@@H]1C[C@@H](F)CN1C. The van der Waals surface area contributed by atoms with Crippen molar-refractivity contribution in [3.05, 3.63) is 82.6 Å². The Morgan fingerprint density at radius 3 is 2.34 bits per heavy atom. The van der Waals surface area contributed by atoms with Crippen LogP contribution in [0.2, 0.25) is 5.04 Å². The second kappa shape index (κ2) is 16.5. The van der Waals surface area contributed by atoms with E-state index >= 15 is 0 Å². The number of alkyl halides is 1. The number of aromatic nitrogens is 5. The molecule has 0 saturated carbocycles. The number of nitrogens with two attached hydrogens (primary N) is 1. The molecule has 0 unspecified atom stereocenters. The average molecular weight is 866 g/mol. The van der Waals surface area contributed by atoms with Gasteiger partial charge in [-0.25, -0.2) is 4.39 Å². The minimum Gasteiger partial charge on any atom is -0.459 e. The first-order valence-corrected chi connectivity index (χ1v) is 23.9. The number of thiophene rings is 1. The molecule has 3 aliphatic rings. The summed E-state index contributed by atoms with van der Waals surface area (Å²) >= 11 is 1.45. The molecular formula is C45H56FN9O4SSi. The summed E-state index contributed by atoms with van der Waals surface area (Å²) in [4.78, 5) is 24.8. The molecule has 3 aromatic heterocycles. The van der Waals surface area contributed by atoms with Gasteiger partial charge in [0.1, 0.15) is 23.3 Å². The van der Waals surface area contributed by atoms with E-state index < -0.39 is 31.6 Å². The fourth-order valence-corrected chi connectivity index (χ4v) is 15.7. The van der Waals surface area contributed by atoms with Gasteiger partial charge in [-0.3, -0.25) is 4.90 Å². The molecule has 2 N–H and O–H groups in total. The number of halogens is 1. The fraction of sp³-hybridized carbons (Fsp3) is 0.511. The van der Waals surface area contributed by atoms with Crippen molar-refractivity contribution in [2.45, 2.75) is 115 Å². The molecule has 0 spiro atoms.